The molecule has 0 aromatic heterocycles. The lowest BCUT2D eigenvalue weighted by Gasteiger charge is -2.45. The zero-order valence-corrected chi connectivity index (χ0v) is 20.5. The lowest BCUT2D eigenvalue weighted by molar-refractivity contribution is -0.340. The summed E-state index contributed by atoms with van der Waals surface area (Å²) in [4.78, 5) is 2.15. The molecule has 192 valence electrons. The van der Waals surface area contributed by atoms with Crippen molar-refractivity contribution in [2.45, 2.75) is 89.9 Å². The number of likely N-dealkylation sites (tertiary alicyclic amines) is 1. The highest BCUT2D eigenvalue weighted by Crippen LogP contribution is 2.59. The fourth-order valence-corrected chi connectivity index (χ4v) is 7.46. The second-order valence-electron chi connectivity index (χ2n) is 11.4. The highest BCUT2D eigenvalue weighted by atomic mass is 19.4. The molecule has 4 rings (SSSR count). The zero-order chi connectivity index (χ0) is 24.7. The molecule has 1 unspecified atom stereocenters. The molecule has 1 aliphatic heterocycles. The Kier molecular flexibility index (Phi) is 7.68. The minimum absolute atomic E-state index is 0.201. The second-order valence-corrected chi connectivity index (χ2v) is 11.4. The summed E-state index contributed by atoms with van der Waals surface area (Å²) < 4.78 is 42.0. The Morgan fingerprint density at radius 3 is 2.74 bits per heavy atom. The lowest BCUT2D eigenvalue weighted by atomic mass is 9.61. The second kappa shape index (κ2) is 10.1. The molecule has 4 nitrogen and oxygen atoms in total. The minimum Gasteiger partial charge on any atom is -0.393 e. The zero-order valence-electron chi connectivity index (χ0n) is 20.5. The van der Waals surface area contributed by atoms with Crippen molar-refractivity contribution in [3.8, 4) is 0 Å². The van der Waals surface area contributed by atoms with Crippen LogP contribution in [-0.2, 0) is 4.74 Å². The van der Waals surface area contributed by atoms with Crippen LogP contribution in [0.2, 0.25) is 0 Å². The van der Waals surface area contributed by atoms with Gasteiger partial charge >= 0.3 is 6.36 Å². The van der Waals surface area contributed by atoms with Gasteiger partial charge in [-0.3, -0.25) is 4.74 Å². The number of rotatable bonds is 5. The largest absolute Gasteiger partial charge is 0.522 e. The predicted molar refractivity (Wildman–Crippen MR) is 126 cm³/mol. The van der Waals surface area contributed by atoms with E-state index in [1.165, 1.54) is 12.0 Å². The maximum absolute atomic E-state index is 12.6. The standard InChI is InChI=1S/C27H40F3NO3/c1-17(15-31-12-10-22(16-31)34-27(28,29)30)23-8-9-24-19(5-4-11-26(23,24)3)6-7-20-13-21(32)14-25(33)18(20)2/h6-7,17,21-25,32-33H,2,4-5,8-16H2,1,3H3/b19-6+,20-7-/t17?,21-,22-,23-,24+,25+,26-/m1/s1. The fraction of sp³-hybridized carbons (Fsp3) is 0.778. The molecule has 4 aliphatic rings. The Balaban J connectivity index is 1.41. The SMILES string of the molecule is C=C1/C(=C\C=C2/CCC[C@]3(C)[C@@H](C(C)CN4CC[C@@H](OC(F)(F)F)C4)CC[C@@H]23)C[C@@H](O)C[C@@H]1O. The number of fused-ring (bicyclic) bond motifs is 1. The number of alkyl halides is 3. The van der Waals surface area contributed by atoms with Crippen LogP contribution in [-0.4, -0.2) is 59.4 Å². The van der Waals surface area contributed by atoms with Crippen LogP contribution in [0.3, 0.4) is 0 Å². The molecule has 2 N–H and O–H groups in total. The number of hydrogen-bond acceptors (Lipinski definition) is 4. The number of aliphatic hydroxyl groups excluding tert-OH is 2. The third-order valence-electron chi connectivity index (χ3n) is 9.06. The molecular formula is C27H40F3NO3. The summed E-state index contributed by atoms with van der Waals surface area (Å²) in [5.74, 6) is 1.47. The van der Waals surface area contributed by atoms with Gasteiger partial charge in [0.1, 0.15) is 0 Å². The molecule has 0 aromatic rings. The van der Waals surface area contributed by atoms with E-state index in [0.717, 1.165) is 43.4 Å². The Morgan fingerprint density at radius 2 is 2.00 bits per heavy atom. The average molecular weight is 484 g/mol. The maximum Gasteiger partial charge on any atom is 0.522 e. The van der Waals surface area contributed by atoms with Gasteiger partial charge in [-0.1, -0.05) is 38.2 Å². The van der Waals surface area contributed by atoms with Crippen molar-refractivity contribution < 1.29 is 28.1 Å². The minimum atomic E-state index is -4.56. The molecule has 0 amide bonds. The van der Waals surface area contributed by atoms with Crippen molar-refractivity contribution in [3.05, 3.63) is 35.5 Å². The van der Waals surface area contributed by atoms with Crippen molar-refractivity contribution in [2.75, 3.05) is 19.6 Å². The van der Waals surface area contributed by atoms with Crippen LogP contribution in [0.1, 0.15) is 65.2 Å². The Hall–Kier alpha value is -1.15. The molecule has 0 aromatic carbocycles. The Bertz CT molecular complexity index is 822. The first-order chi connectivity index (χ1) is 16.0. The third kappa shape index (κ3) is 5.63. The van der Waals surface area contributed by atoms with Gasteiger partial charge in [0.2, 0.25) is 0 Å². The van der Waals surface area contributed by atoms with Crippen LogP contribution in [0.4, 0.5) is 13.2 Å². The number of allylic oxidation sites excluding steroid dienone is 3. The van der Waals surface area contributed by atoms with Gasteiger partial charge < -0.3 is 15.1 Å². The van der Waals surface area contributed by atoms with Gasteiger partial charge in [-0.2, -0.15) is 0 Å². The van der Waals surface area contributed by atoms with Crippen molar-refractivity contribution in [2.24, 2.45) is 23.2 Å². The van der Waals surface area contributed by atoms with Crippen molar-refractivity contribution >= 4 is 0 Å². The van der Waals surface area contributed by atoms with Gasteiger partial charge in [0.05, 0.1) is 18.3 Å². The molecule has 0 radical (unpaired) electrons. The maximum atomic E-state index is 12.6. The molecule has 4 fully saturated rings. The van der Waals surface area contributed by atoms with Crippen LogP contribution < -0.4 is 0 Å². The van der Waals surface area contributed by atoms with E-state index in [1.54, 1.807) is 0 Å². The summed E-state index contributed by atoms with van der Waals surface area (Å²) in [5, 5.41) is 20.2. The van der Waals surface area contributed by atoms with Crippen LogP contribution in [0, 0.1) is 23.2 Å². The van der Waals surface area contributed by atoms with E-state index in [-0.39, 0.29) is 5.41 Å². The molecule has 3 aliphatic carbocycles. The van der Waals surface area contributed by atoms with Gasteiger partial charge in [-0.25, -0.2) is 0 Å². The predicted octanol–water partition coefficient (Wildman–Crippen LogP) is 5.37. The first-order valence-electron chi connectivity index (χ1n) is 12.9. The molecule has 0 bridgehead atoms. The Labute approximate surface area is 201 Å². The average Bonchev–Trinajstić information content (AvgIpc) is 3.31. The quantitative estimate of drug-likeness (QED) is 0.552. The molecule has 7 heteroatoms. The number of halogens is 3. The van der Waals surface area contributed by atoms with Crippen molar-refractivity contribution in [3.63, 3.8) is 0 Å². The number of aliphatic hydroxyl groups is 2. The van der Waals surface area contributed by atoms with Crippen molar-refractivity contribution in [1.82, 2.24) is 4.90 Å². The van der Waals surface area contributed by atoms with Gasteiger partial charge in [0.15, 0.2) is 0 Å². The number of hydrogen-bond donors (Lipinski definition) is 2. The normalized spacial score (nSPS) is 40.8. The van der Waals surface area contributed by atoms with Crippen molar-refractivity contribution in [1.29, 1.82) is 0 Å². The summed E-state index contributed by atoms with van der Waals surface area (Å²) >= 11 is 0. The summed E-state index contributed by atoms with van der Waals surface area (Å²) in [6, 6.07) is 0. The van der Waals surface area contributed by atoms with E-state index in [0.29, 0.717) is 50.1 Å². The van der Waals surface area contributed by atoms with Crippen LogP contribution >= 0.6 is 0 Å². The summed E-state index contributed by atoms with van der Waals surface area (Å²) in [6.45, 7) is 10.6. The van der Waals surface area contributed by atoms with Gasteiger partial charge in [0, 0.05) is 26.1 Å². The van der Waals surface area contributed by atoms with Crippen LogP contribution in [0.5, 0.6) is 0 Å². The first-order valence-corrected chi connectivity index (χ1v) is 12.9. The van der Waals surface area contributed by atoms with E-state index in [2.05, 4.69) is 42.2 Å². The summed E-state index contributed by atoms with van der Waals surface area (Å²) in [7, 11) is 0. The van der Waals surface area contributed by atoms with E-state index in [4.69, 9.17) is 0 Å². The monoisotopic (exact) mass is 483 g/mol. The van der Waals surface area contributed by atoms with E-state index >= 15 is 0 Å². The molecular weight excluding hydrogens is 443 g/mol. The van der Waals surface area contributed by atoms with E-state index in [9.17, 15) is 23.4 Å². The van der Waals surface area contributed by atoms with Crippen LogP contribution in [0.25, 0.3) is 0 Å². The van der Waals surface area contributed by atoms with E-state index < -0.39 is 24.7 Å². The molecule has 7 atom stereocenters. The first kappa shape index (κ1) is 25.9. The van der Waals surface area contributed by atoms with Gasteiger partial charge in [-0.15, -0.1) is 13.2 Å². The number of ether oxygens (including phenoxy) is 1. The molecule has 1 saturated heterocycles. The highest BCUT2D eigenvalue weighted by Gasteiger charge is 2.51. The topological polar surface area (TPSA) is 52.9 Å². The molecule has 1 heterocycles. The molecule has 34 heavy (non-hydrogen) atoms. The van der Waals surface area contributed by atoms with E-state index in [1.807, 2.05) is 0 Å². The smallest absolute Gasteiger partial charge is 0.393 e. The number of nitrogens with zero attached hydrogens (tertiary/aromatic N) is 1. The Morgan fingerprint density at radius 1 is 1.24 bits per heavy atom. The molecule has 3 saturated carbocycles. The lowest BCUT2D eigenvalue weighted by Crippen LogP contribution is -2.39. The fourth-order valence-electron chi connectivity index (χ4n) is 7.46. The van der Waals surface area contributed by atoms with Crippen LogP contribution in [0.15, 0.2) is 35.5 Å². The summed E-state index contributed by atoms with van der Waals surface area (Å²) in [5.41, 5.74) is 3.32. The van der Waals surface area contributed by atoms with Gasteiger partial charge in [0.25, 0.3) is 0 Å². The molecule has 0 spiro atoms. The summed E-state index contributed by atoms with van der Waals surface area (Å²) in [6.07, 6.45) is 4.81. The highest BCUT2D eigenvalue weighted by molar-refractivity contribution is 5.38. The third-order valence-corrected chi connectivity index (χ3v) is 9.06. The van der Waals surface area contributed by atoms with Gasteiger partial charge in [-0.05, 0) is 79.3 Å².